The van der Waals surface area contributed by atoms with Crippen molar-refractivity contribution in [2.24, 2.45) is 17.3 Å². The molecule has 7 nitrogen and oxygen atoms in total. The number of piperidine rings is 1. The number of likely N-dealkylation sites (tertiary alicyclic amines) is 1. The number of amides is 1. The minimum Gasteiger partial charge on any atom is -0.475 e. The van der Waals surface area contributed by atoms with Gasteiger partial charge in [-0.1, -0.05) is 0 Å². The lowest BCUT2D eigenvalue weighted by molar-refractivity contribution is -0.192. The van der Waals surface area contributed by atoms with Crippen molar-refractivity contribution in [3.8, 4) is 0 Å². The first-order valence-electron chi connectivity index (χ1n) is 11.3. The SMILES string of the molecule is Cc1cncc(C(=O)N2CCC3(CCOCC3COCC3CC3)CC2)c1.O=C(O)C(F)(F)F. The predicted octanol–water partition coefficient (Wildman–Crippen LogP) is 3.71. The molecule has 33 heavy (non-hydrogen) atoms. The molecule has 2 aliphatic heterocycles. The Labute approximate surface area is 191 Å². The number of pyridine rings is 1. The van der Waals surface area contributed by atoms with Gasteiger partial charge in [-0.3, -0.25) is 9.78 Å². The van der Waals surface area contributed by atoms with Gasteiger partial charge in [0.15, 0.2) is 0 Å². The van der Waals surface area contributed by atoms with Gasteiger partial charge in [0.05, 0.1) is 18.8 Å². The average molecular weight is 473 g/mol. The lowest BCUT2D eigenvalue weighted by Gasteiger charge is -2.49. The first-order valence-corrected chi connectivity index (χ1v) is 11.3. The molecule has 1 spiro atoms. The highest BCUT2D eigenvalue weighted by molar-refractivity contribution is 5.94. The number of aliphatic carboxylic acids is 1. The quantitative estimate of drug-likeness (QED) is 0.703. The molecule has 10 heteroatoms. The van der Waals surface area contributed by atoms with Crippen molar-refractivity contribution >= 4 is 11.9 Å². The van der Waals surface area contributed by atoms with E-state index in [1.807, 2.05) is 17.9 Å². The summed E-state index contributed by atoms with van der Waals surface area (Å²) in [6.07, 6.45) is 4.25. The maximum Gasteiger partial charge on any atom is 0.490 e. The summed E-state index contributed by atoms with van der Waals surface area (Å²) >= 11 is 0. The molecule has 1 aromatic rings. The Bertz CT molecular complexity index is 821. The fourth-order valence-electron chi connectivity index (χ4n) is 4.44. The third kappa shape index (κ3) is 7.14. The zero-order valence-corrected chi connectivity index (χ0v) is 18.8. The number of aryl methyl sites for hydroxylation is 1. The number of carbonyl (C=O) groups is 2. The van der Waals surface area contributed by atoms with Crippen LogP contribution in [0.25, 0.3) is 0 Å². The van der Waals surface area contributed by atoms with Crippen LogP contribution in [0, 0.1) is 24.2 Å². The monoisotopic (exact) mass is 472 g/mol. The Morgan fingerprint density at radius 1 is 1.21 bits per heavy atom. The summed E-state index contributed by atoms with van der Waals surface area (Å²) in [4.78, 5) is 27.9. The molecular formula is C23H31F3N2O5. The molecule has 1 amide bonds. The Balaban J connectivity index is 0.000000383. The number of ether oxygens (including phenoxy) is 2. The third-order valence-corrected chi connectivity index (χ3v) is 6.71. The number of carboxylic acids is 1. The Morgan fingerprint density at radius 3 is 2.45 bits per heavy atom. The number of carbonyl (C=O) groups excluding carboxylic acids is 1. The highest BCUT2D eigenvalue weighted by Crippen LogP contribution is 2.45. The average Bonchev–Trinajstić information content (AvgIpc) is 3.59. The van der Waals surface area contributed by atoms with E-state index in [2.05, 4.69) is 4.98 Å². The molecule has 3 aliphatic rings. The molecule has 1 saturated carbocycles. The van der Waals surface area contributed by atoms with E-state index in [-0.39, 0.29) is 11.3 Å². The van der Waals surface area contributed by atoms with Crippen molar-refractivity contribution in [1.29, 1.82) is 0 Å². The summed E-state index contributed by atoms with van der Waals surface area (Å²) in [6.45, 7) is 7.00. The minimum absolute atomic E-state index is 0.115. The van der Waals surface area contributed by atoms with Crippen LogP contribution in [0.3, 0.4) is 0 Å². The van der Waals surface area contributed by atoms with Crippen molar-refractivity contribution in [3.63, 3.8) is 0 Å². The fourth-order valence-corrected chi connectivity index (χ4v) is 4.44. The molecule has 1 unspecified atom stereocenters. The smallest absolute Gasteiger partial charge is 0.475 e. The van der Waals surface area contributed by atoms with E-state index in [9.17, 15) is 18.0 Å². The number of rotatable bonds is 5. The molecule has 0 aromatic carbocycles. The van der Waals surface area contributed by atoms with Crippen LogP contribution in [0.4, 0.5) is 13.2 Å². The lowest BCUT2D eigenvalue weighted by Crippen LogP contribution is -2.50. The van der Waals surface area contributed by atoms with Gasteiger partial charge in [0.2, 0.25) is 0 Å². The number of halogens is 3. The molecule has 1 aliphatic carbocycles. The third-order valence-electron chi connectivity index (χ3n) is 6.71. The van der Waals surface area contributed by atoms with E-state index in [1.165, 1.54) is 12.8 Å². The number of aromatic nitrogens is 1. The molecule has 2 saturated heterocycles. The van der Waals surface area contributed by atoms with Crippen molar-refractivity contribution in [1.82, 2.24) is 9.88 Å². The summed E-state index contributed by atoms with van der Waals surface area (Å²) < 4.78 is 43.5. The standard InChI is InChI=1S/C21H30N2O3.C2HF3O2/c1-16-10-18(12-22-11-16)20(24)23-7-4-21(5-8-23)6-9-25-14-19(21)15-26-13-17-2-3-17;3-2(4,5)1(6)7/h10-12,17,19H,2-9,13-15H2,1H3;(H,6,7). The second-order valence-corrected chi connectivity index (χ2v) is 9.21. The number of hydrogen-bond donors (Lipinski definition) is 1. The van der Waals surface area contributed by atoms with E-state index >= 15 is 0 Å². The van der Waals surface area contributed by atoms with E-state index < -0.39 is 12.1 Å². The number of nitrogens with zero attached hydrogens (tertiary/aromatic N) is 2. The maximum absolute atomic E-state index is 12.8. The molecule has 1 aromatic heterocycles. The molecule has 4 rings (SSSR count). The van der Waals surface area contributed by atoms with Crippen molar-refractivity contribution in [3.05, 3.63) is 29.6 Å². The van der Waals surface area contributed by atoms with Crippen molar-refractivity contribution in [2.75, 3.05) is 39.5 Å². The highest BCUT2D eigenvalue weighted by atomic mass is 19.4. The van der Waals surface area contributed by atoms with Gasteiger partial charge in [0.25, 0.3) is 5.91 Å². The number of hydrogen-bond acceptors (Lipinski definition) is 5. The first-order chi connectivity index (χ1) is 15.6. The van der Waals surface area contributed by atoms with Crippen LogP contribution >= 0.6 is 0 Å². The van der Waals surface area contributed by atoms with Gasteiger partial charge >= 0.3 is 12.1 Å². The first kappa shape index (κ1) is 25.4. The molecule has 1 N–H and O–H groups in total. The van der Waals surface area contributed by atoms with E-state index in [4.69, 9.17) is 19.4 Å². The normalized spacial score (nSPS) is 22.4. The van der Waals surface area contributed by atoms with E-state index in [1.54, 1.807) is 12.4 Å². The molecule has 184 valence electrons. The molecule has 3 fully saturated rings. The van der Waals surface area contributed by atoms with Gasteiger partial charge in [0, 0.05) is 44.6 Å². The van der Waals surface area contributed by atoms with Crippen LogP contribution in [0.5, 0.6) is 0 Å². The maximum atomic E-state index is 12.8. The summed E-state index contributed by atoms with van der Waals surface area (Å²) in [5.41, 5.74) is 2.02. The molecule has 0 radical (unpaired) electrons. The van der Waals surface area contributed by atoms with Crippen LogP contribution in [-0.2, 0) is 14.3 Å². The van der Waals surface area contributed by atoms with Crippen LogP contribution < -0.4 is 0 Å². The second kappa shape index (κ2) is 10.8. The largest absolute Gasteiger partial charge is 0.490 e. The van der Waals surface area contributed by atoms with Crippen LogP contribution in [0.2, 0.25) is 0 Å². The lowest BCUT2D eigenvalue weighted by atomic mass is 9.66. The summed E-state index contributed by atoms with van der Waals surface area (Å²) in [5, 5.41) is 7.12. The predicted molar refractivity (Wildman–Crippen MR) is 113 cm³/mol. The van der Waals surface area contributed by atoms with Gasteiger partial charge in [-0.25, -0.2) is 4.79 Å². The van der Waals surface area contributed by atoms with Crippen LogP contribution in [-0.4, -0.2) is 72.6 Å². The topological polar surface area (TPSA) is 89.0 Å². The summed E-state index contributed by atoms with van der Waals surface area (Å²) in [5.74, 6) is -1.37. The minimum atomic E-state index is -5.08. The van der Waals surface area contributed by atoms with Crippen molar-refractivity contribution in [2.45, 2.75) is 45.2 Å². The summed E-state index contributed by atoms with van der Waals surface area (Å²) in [7, 11) is 0. The van der Waals surface area contributed by atoms with Gasteiger partial charge in [-0.15, -0.1) is 0 Å². The van der Waals surface area contributed by atoms with E-state index in [0.717, 1.165) is 70.3 Å². The zero-order valence-electron chi connectivity index (χ0n) is 18.8. The molecule has 3 heterocycles. The van der Waals surface area contributed by atoms with Gasteiger partial charge in [-0.05, 0) is 62.0 Å². The van der Waals surface area contributed by atoms with Gasteiger partial charge in [-0.2, -0.15) is 13.2 Å². The zero-order chi connectivity index (χ0) is 24.1. The Morgan fingerprint density at radius 2 is 1.88 bits per heavy atom. The van der Waals surface area contributed by atoms with Crippen LogP contribution in [0.1, 0.15) is 48.0 Å². The fraction of sp³-hybridized carbons (Fsp3) is 0.696. The highest BCUT2D eigenvalue weighted by Gasteiger charge is 2.44. The molecular weight excluding hydrogens is 441 g/mol. The van der Waals surface area contributed by atoms with Crippen LogP contribution in [0.15, 0.2) is 18.5 Å². The number of alkyl halides is 3. The van der Waals surface area contributed by atoms with E-state index in [0.29, 0.717) is 11.5 Å². The van der Waals surface area contributed by atoms with Crippen molar-refractivity contribution < 1.29 is 37.3 Å². The molecule has 0 bridgehead atoms. The molecule has 1 atom stereocenters. The Hall–Kier alpha value is -2.20. The Kier molecular flexibility index (Phi) is 8.33. The number of carboxylic acid groups (broad SMARTS) is 1. The van der Waals surface area contributed by atoms with Gasteiger partial charge < -0.3 is 19.5 Å². The second-order valence-electron chi connectivity index (χ2n) is 9.21. The summed E-state index contributed by atoms with van der Waals surface area (Å²) in [6, 6.07) is 1.93. The van der Waals surface area contributed by atoms with Gasteiger partial charge in [0.1, 0.15) is 0 Å².